The van der Waals surface area contributed by atoms with Gasteiger partial charge in [-0.1, -0.05) is 5.16 Å². The highest BCUT2D eigenvalue weighted by molar-refractivity contribution is 5.91. The van der Waals surface area contributed by atoms with Gasteiger partial charge in [0, 0.05) is 6.42 Å². The first-order chi connectivity index (χ1) is 8.31. The van der Waals surface area contributed by atoms with Crippen LogP contribution in [0.15, 0.2) is 5.16 Å². The largest absolute Gasteiger partial charge is 0.444 e. The van der Waals surface area contributed by atoms with E-state index in [1.807, 2.05) is 0 Å². The van der Waals surface area contributed by atoms with Crippen molar-refractivity contribution in [1.29, 1.82) is 0 Å². The van der Waals surface area contributed by atoms with Crippen LogP contribution in [0.2, 0.25) is 0 Å². The summed E-state index contributed by atoms with van der Waals surface area (Å²) in [6.07, 6.45) is -1.83. The van der Waals surface area contributed by atoms with Crippen molar-refractivity contribution in [3.8, 4) is 0 Å². The zero-order valence-corrected chi connectivity index (χ0v) is 10.6. The van der Waals surface area contributed by atoms with Gasteiger partial charge in [-0.25, -0.2) is 4.79 Å². The molecule has 2 fully saturated rings. The van der Waals surface area contributed by atoms with E-state index in [-0.39, 0.29) is 24.3 Å². The second kappa shape index (κ2) is 4.40. The van der Waals surface area contributed by atoms with Crippen LogP contribution in [0, 0.1) is 0 Å². The Morgan fingerprint density at radius 3 is 2.72 bits per heavy atom. The van der Waals surface area contributed by atoms with Crippen LogP contribution >= 0.6 is 0 Å². The van der Waals surface area contributed by atoms with Crippen molar-refractivity contribution in [3.63, 3.8) is 0 Å². The van der Waals surface area contributed by atoms with Gasteiger partial charge in [0.2, 0.25) is 0 Å². The number of hydrogen-bond donors (Lipinski definition) is 3. The summed E-state index contributed by atoms with van der Waals surface area (Å²) >= 11 is 0. The summed E-state index contributed by atoms with van der Waals surface area (Å²) in [5, 5.41) is 24.1. The van der Waals surface area contributed by atoms with Crippen LogP contribution in [-0.2, 0) is 9.47 Å². The van der Waals surface area contributed by atoms with E-state index in [2.05, 4.69) is 10.5 Å². The number of fused-ring (bicyclic) bond motifs is 1. The zero-order chi connectivity index (χ0) is 13.5. The van der Waals surface area contributed by atoms with E-state index in [1.54, 1.807) is 20.8 Å². The van der Waals surface area contributed by atoms with Gasteiger partial charge in [0.1, 0.15) is 23.9 Å². The van der Waals surface area contributed by atoms with Gasteiger partial charge in [0.15, 0.2) is 0 Å². The second-order valence-electron chi connectivity index (χ2n) is 5.56. The minimum absolute atomic E-state index is 0.217. The number of alkyl carbamates (subject to hydrolysis) is 1. The molecule has 3 N–H and O–H groups in total. The Hall–Kier alpha value is -1.34. The second-order valence-corrected chi connectivity index (χ2v) is 5.56. The monoisotopic (exact) mass is 258 g/mol. The highest BCUT2D eigenvalue weighted by Crippen LogP contribution is 2.36. The number of hydrogen-bond acceptors (Lipinski definition) is 6. The van der Waals surface area contributed by atoms with Gasteiger partial charge in [-0.2, -0.15) is 0 Å². The normalized spacial score (nSPS) is 37.0. The van der Waals surface area contributed by atoms with E-state index < -0.39 is 23.9 Å². The number of ether oxygens (including phenoxy) is 2. The number of carbonyl (C=O) groups is 1. The Morgan fingerprint density at radius 1 is 1.50 bits per heavy atom. The van der Waals surface area contributed by atoms with Crippen molar-refractivity contribution in [2.75, 3.05) is 0 Å². The average Bonchev–Trinajstić information content (AvgIpc) is 2.99. The number of nitrogens with zero attached hydrogens (tertiary/aromatic N) is 1. The lowest BCUT2D eigenvalue weighted by Gasteiger charge is -2.25. The number of rotatable bonds is 1. The van der Waals surface area contributed by atoms with Gasteiger partial charge in [-0.15, -0.1) is 0 Å². The number of carbonyl (C=O) groups excluding carboxylic acids is 1. The summed E-state index contributed by atoms with van der Waals surface area (Å²) in [6, 6.07) is -0.334. The van der Waals surface area contributed by atoms with Crippen LogP contribution in [0.1, 0.15) is 27.2 Å². The molecule has 1 saturated heterocycles. The Kier molecular flexibility index (Phi) is 3.20. The van der Waals surface area contributed by atoms with Gasteiger partial charge in [-0.05, 0) is 20.8 Å². The molecule has 1 aliphatic carbocycles. The van der Waals surface area contributed by atoms with Gasteiger partial charge >= 0.3 is 6.09 Å². The van der Waals surface area contributed by atoms with Gasteiger partial charge < -0.3 is 25.1 Å². The summed E-state index contributed by atoms with van der Waals surface area (Å²) in [5.41, 5.74) is -0.356. The van der Waals surface area contributed by atoms with E-state index in [0.717, 1.165) is 0 Å². The third-order valence-corrected chi connectivity index (χ3v) is 2.87. The molecule has 0 bridgehead atoms. The van der Waals surface area contributed by atoms with Gasteiger partial charge in [0.25, 0.3) is 0 Å². The molecule has 0 spiro atoms. The average molecular weight is 258 g/mol. The summed E-state index contributed by atoms with van der Waals surface area (Å²) in [5.74, 6) is 0. The lowest BCUT2D eigenvalue weighted by molar-refractivity contribution is 0.0495. The first-order valence-electron chi connectivity index (χ1n) is 5.85. The number of aliphatic hydroxyl groups is 1. The molecule has 1 saturated carbocycles. The van der Waals surface area contributed by atoms with E-state index in [1.165, 1.54) is 0 Å². The van der Waals surface area contributed by atoms with Crippen molar-refractivity contribution in [2.24, 2.45) is 5.16 Å². The third-order valence-electron chi connectivity index (χ3n) is 2.87. The Labute approximate surface area is 105 Å². The maximum Gasteiger partial charge on any atom is 0.407 e. The molecule has 1 aliphatic heterocycles. The van der Waals surface area contributed by atoms with Crippen LogP contribution in [0.5, 0.6) is 0 Å². The van der Waals surface area contributed by atoms with Crippen molar-refractivity contribution in [2.45, 2.75) is 57.1 Å². The van der Waals surface area contributed by atoms with Crippen LogP contribution in [0.25, 0.3) is 0 Å². The molecule has 0 radical (unpaired) electrons. The molecule has 0 aromatic carbocycles. The predicted molar refractivity (Wildman–Crippen MR) is 61.7 cm³/mol. The van der Waals surface area contributed by atoms with Crippen molar-refractivity contribution in [1.82, 2.24) is 5.32 Å². The summed E-state index contributed by atoms with van der Waals surface area (Å²) in [4.78, 5) is 11.6. The molecular formula is C11H18N2O5. The lowest BCUT2D eigenvalue weighted by Crippen LogP contribution is -2.49. The molecule has 1 heterocycles. The Bertz CT molecular complexity index is 376. The summed E-state index contributed by atoms with van der Waals surface area (Å²) in [7, 11) is 0. The van der Waals surface area contributed by atoms with Crippen LogP contribution in [0.3, 0.4) is 0 Å². The van der Waals surface area contributed by atoms with E-state index in [4.69, 9.17) is 14.7 Å². The maximum absolute atomic E-state index is 11.6. The summed E-state index contributed by atoms with van der Waals surface area (Å²) in [6.45, 7) is 5.32. The molecule has 7 nitrogen and oxygen atoms in total. The maximum atomic E-state index is 11.6. The number of epoxide rings is 1. The fourth-order valence-electron chi connectivity index (χ4n) is 2.06. The predicted octanol–water partition coefficient (Wildman–Crippen LogP) is 0.242. The van der Waals surface area contributed by atoms with Gasteiger partial charge in [0.05, 0.1) is 11.8 Å². The Morgan fingerprint density at radius 2 is 2.17 bits per heavy atom. The highest BCUT2D eigenvalue weighted by atomic mass is 16.6. The third kappa shape index (κ3) is 2.73. The van der Waals surface area contributed by atoms with E-state index in [9.17, 15) is 9.90 Å². The molecule has 4 atom stereocenters. The molecule has 0 unspecified atom stereocenters. The quantitative estimate of drug-likeness (QED) is 0.355. The Balaban J connectivity index is 1.93. The molecule has 102 valence electrons. The molecule has 2 rings (SSSR count). The van der Waals surface area contributed by atoms with Crippen molar-refractivity contribution in [3.05, 3.63) is 0 Å². The fourth-order valence-corrected chi connectivity index (χ4v) is 2.06. The van der Waals surface area contributed by atoms with Crippen LogP contribution in [-0.4, -0.2) is 52.1 Å². The molecule has 18 heavy (non-hydrogen) atoms. The van der Waals surface area contributed by atoms with Gasteiger partial charge in [-0.3, -0.25) is 0 Å². The molecule has 2 aliphatic rings. The highest BCUT2D eigenvalue weighted by Gasteiger charge is 2.56. The molecule has 0 aromatic rings. The number of oxime groups is 1. The van der Waals surface area contributed by atoms with E-state index in [0.29, 0.717) is 0 Å². The smallest absolute Gasteiger partial charge is 0.407 e. The summed E-state index contributed by atoms with van der Waals surface area (Å²) < 4.78 is 10.4. The first-order valence-corrected chi connectivity index (χ1v) is 5.85. The minimum Gasteiger partial charge on any atom is -0.444 e. The molecule has 0 aromatic heterocycles. The van der Waals surface area contributed by atoms with Crippen molar-refractivity contribution < 1.29 is 24.6 Å². The number of amides is 1. The van der Waals surface area contributed by atoms with E-state index >= 15 is 0 Å². The SMILES string of the molecule is CC(C)(C)OC(=O)N[C@@H]1C/C(=N/O)[C@H](O)[C@@H]2O[C@H]21. The topological polar surface area (TPSA) is 104 Å². The van der Waals surface area contributed by atoms with Crippen LogP contribution < -0.4 is 5.32 Å². The zero-order valence-electron chi connectivity index (χ0n) is 10.6. The first kappa shape index (κ1) is 13.1. The minimum atomic E-state index is -0.892. The molecule has 7 heteroatoms. The number of nitrogens with one attached hydrogen (secondary N) is 1. The van der Waals surface area contributed by atoms with Crippen LogP contribution in [0.4, 0.5) is 4.79 Å². The molecular weight excluding hydrogens is 240 g/mol. The standard InChI is InChI=1S/C11H18N2O5/c1-11(2,3)18-10(15)12-6-4-5(13-16)7(14)9-8(6)17-9/h6-9,14,16H,4H2,1-3H3,(H,12,15)/b13-5-/t6-,7+,8+,9+/m1/s1. The molecule has 1 amide bonds. The number of aliphatic hydroxyl groups excluding tert-OH is 1. The fraction of sp³-hybridized carbons (Fsp3) is 0.818. The lowest BCUT2D eigenvalue weighted by atomic mass is 9.91. The van der Waals surface area contributed by atoms with Crippen molar-refractivity contribution >= 4 is 11.8 Å².